The lowest BCUT2D eigenvalue weighted by Crippen LogP contribution is -2.49. The van der Waals surface area contributed by atoms with Crippen LogP contribution in [-0.4, -0.2) is 39.0 Å². The van der Waals surface area contributed by atoms with Crippen molar-refractivity contribution in [2.45, 2.75) is 51.3 Å². The van der Waals surface area contributed by atoms with E-state index in [4.69, 9.17) is 0 Å². The first-order chi connectivity index (χ1) is 13.9. The summed E-state index contributed by atoms with van der Waals surface area (Å²) in [7, 11) is 0. The zero-order valence-electron chi connectivity index (χ0n) is 16.3. The Morgan fingerprint density at radius 2 is 2.07 bits per heavy atom. The molecule has 0 spiro atoms. The number of nitrogens with zero attached hydrogens (tertiary/aromatic N) is 2. The van der Waals surface area contributed by atoms with Gasteiger partial charge in [-0.2, -0.15) is 0 Å². The second-order valence-electron chi connectivity index (χ2n) is 7.42. The van der Waals surface area contributed by atoms with E-state index in [1.807, 2.05) is 6.92 Å². The van der Waals surface area contributed by atoms with Gasteiger partial charge in [0.15, 0.2) is 0 Å². The fraction of sp³-hybridized carbons (Fsp3) is 0.429. The largest absolute Gasteiger partial charge is 0.391 e. The highest BCUT2D eigenvalue weighted by atomic mass is 19.1. The molecular formula is C21H25FN4O3. The number of aromatic nitrogens is 2. The molecule has 8 heteroatoms. The molecule has 2 aromatic rings. The summed E-state index contributed by atoms with van der Waals surface area (Å²) in [5, 5.41) is 16.0. The number of aliphatic hydroxyl groups excluding tert-OH is 1. The minimum absolute atomic E-state index is 0.0441. The molecule has 0 unspecified atom stereocenters. The maximum absolute atomic E-state index is 13.2. The normalized spacial score (nSPS) is 21.4. The third-order valence-electron chi connectivity index (χ3n) is 5.07. The van der Waals surface area contributed by atoms with Crippen molar-refractivity contribution in [2.24, 2.45) is 5.92 Å². The van der Waals surface area contributed by atoms with Crippen molar-refractivity contribution in [3.05, 3.63) is 59.4 Å². The molecule has 154 valence electrons. The Bertz CT molecular complexity index is 859. The Kier molecular flexibility index (Phi) is 6.87. The minimum atomic E-state index is -0.810. The van der Waals surface area contributed by atoms with Crippen molar-refractivity contribution in [2.75, 3.05) is 0 Å². The summed E-state index contributed by atoms with van der Waals surface area (Å²) < 4.78 is 13.2. The van der Waals surface area contributed by atoms with Crippen LogP contribution in [0.4, 0.5) is 4.39 Å². The molecule has 3 N–H and O–H groups in total. The SMILES string of the molecule is Cc1cnc(CNC(=O)[C@H]2CC[C@@H](NC(=O)Cc3cccc(F)c3)[C@H](O)C2)cn1. The van der Waals surface area contributed by atoms with Gasteiger partial charge in [-0.25, -0.2) is 4.39 Å². The Labute approximate surface area is 168 Å². The second-order valence-corrected chi connectivity index (χ2v) is 7.42. The lowest BCUT2D eigenvalue weighted by Gasteiger charge is -2.33. The van der Waals surface area contributed by atoms with E-state index in [1.54, 1.807) is 24.5 Å². The van der Waals surface area contributed by atoms with Crippen molar-refractivity contribution in [1.82, 2.24) is 20.6 Å². The minimum Gasteiger partial charge on any atom is -0.391 e. The zero-order valence-corrected chi connectivity index (χ0v) is 16.3. The Morgan fingerprint density at radius 1 is 1.24 bits per heavy atom. The summed E-state index contributed by atoms with van der Waals surface area (Å²) in [5.41, 5.74) is 2.05. The molecule has 1 saturated carbocycles. The highest BCUT2D eigenvalue weighted by Gasteiger charge is 2.33. The predicted octanol–water partition coefficient (Wildman–Crippen LogP) is 1.43. The molecule has 1 aromatic carbocycles. The molecule has 3 atom stereocenters. The van der Waals surface area contributed by atoms with Gasteiger partial charge in [-0.05, 0) is 43.9 Å². The average Bonchev–Trinajstić information content (AvgIpc) is 2.69. The van der Waals surface area contributed by atoms with Crippen LogP contribution in [0, 0.1) is 18.7 Å². The van der Waals surface area contributed by atoms with Gasteiger partial charge in [0.25, 0.3) is 0 Å². The summed E-state index contributed by atoms with van der Waals surface area (Å²) in [6.45, 7) is 2.12. The maximum atomic E-state index is 13.2. The molecule has 2 amide bonds. The quantitative estimate of drug-likeness (QED) is 0.681. The number of carbonyl (C=O) groups excluding carboxylic acids is 2. The van der Waals surface area contributed by atoms with Gasteiger partial charge in [-0.1, -0.05) is 12.1 Å². The number of amides is 2. The van der Waals surface area contributed by atoms with Gasteiger partial charge in [0.2, 0.25) is 11.8 Å². The van der Waals surface area contributed by atoms with Crippen molar-refractivity contribution >= 4 is 11.8 Å². The number of aliphatic hydroxyl groups is 1. The van der Waals surface area contributed by atoms with Crippen LogP contribution in [0.15, 0.2) is 36.7 Å². The number of hydrogen-bond acceptors (Lipinski definition) is 5. The summed E-state index contributed by atoms with van der Waals surface area (Å²) >= 11 is 0. The molecule has 29 heavy (non-hydrogen) atoms. The van der Waals surface area contributed by atoms with Gasteiger partial charge in [-0.15, -0.1) is 0 Å². The number of hydrogen-bond donors (Lipinski definition) is 3. The first kappa shape index (κ1) is 20.9. The lowest BCUT2D eigenvalue weighted by molar-refractivity contribution is -0.128. The number of benzene rings is 1. The smallest absolute Gasteiger partial charge is 0.224 e. The van der Waals surface area contributed by atoms with Crippen molar-refractivity contribution in [3.8, 4) is 0 Å². The van der Waals surface area contributed by atoms with E-state index in [0.717, 1.165) is 5.69 Å². The monoisotopic (exact) mass is 400 g/mol. The van der Waals surface area contributed by atoms with E-state index >= 15 is 0 Å². The molecular weight excluding hydrogens is 375 g/mol. The van der Waals surface area contributed by atoms with Crippen LogP contribution in [0.3, 0.4) is 0 Å². The molecule has 0 saturated heterocycles. The summed E-state index contributed by atoms with van der Waals surface area (Å²) in [6.07, 6.45) is 3.83. The van der Waals surface area contributed by atoms with Gasteiger partial charge < -0.3 is 15.7 Å². The van der Waals surface area contributed by atoms with Crippen molar-refractivity contribution in [3.63, 3.8) is 0 Å². The fourth-order valence-corrected chi connectivity index (χ4v) is 3.48. The molecule has 0 bridgehead atoms. The van der Waals surface area contributed by atoms with Crippen LogP contribution < -0.4 is 10.6 Å². The standard InChI is InChI=1S/C21H25FN4O3/c1-13-10-24-17(11-23-13)12-25-21(29)15-5-6-18(19(27)9-15)26-20(28)8-14-3-2-4-16(22)7-14/h2-4,7,10-11,15,18-19,27H,5-6,8-9,12H2,1H3,(H,25,29)(H,26,28)/t15-,18+,19+/m0/s1. The van der Waals surface area contributed by atoms with E-state index in [2.05, 4.69) is 20.6 Å². The molecule has 3 rings (SSSR count). The molecule has 7 nitrogen and oxygen atoms in total. The Morgan fingerprint density at radius 3 is 2.76 bits per heavy atom. The van der Waals surface area contributed by atoms with Crippen LogP contribution in [0.5, 0.6) is 0 Å². The van der Waals surface area contributed by atoms with E-state index in [1.165, 1.54) is 12.1 Å². The summed E-state index contributed by atoms with van der Waals surface area (Å²) in [4.78, 5) is 32.9. The number of aryl methyl sites for hydroxylation is 1. The highest BCUT2D eigenvalue weighted by molar-refractivity contribution is 5.80. The first-order valence-corrected chi connectivity index (χ1v) is 9.68. The van der Waals surface area contributed by atoms with Crippen LogP contribution in [0.1, 0.15) is 36.2 Å². The molecule has 1 aliphatic rings. The van der Waals surface area contributed by atoms with E-state index < -0.39 is 18.0 Å². The topological polar surface area (TPSA) is 104 Å². The Balaban J connectivity index is 1.45. The predicted molar refractivity (Wildman–Crippen MR) is 104 cm³/mol. The summed E-state index contributed by atoms with van der Waals surface area (Å²) in [5.74, 6) is -1.13. The molecule has 1 aliphatic carbocycles. The molecule has 1 aromatic heterocycles. The molecule has 1 heterocycles. The highest BCUT2D eigenvalue weighted by Crippen LogP contribution is 2.25. The number of halogens is 1. The van der Waals surface area contributed by atoms with Gasteiger partial charge >= 0.3 is 0 Å². The van der Waals surface area contributed by atoms with Crippen molar-refractivity contribution in [1.29, 1.82) is 0 Å². The number of nitrogens with one attached hydrogen (secondary N) is 2. The average molecular weight is 400 g/mol. The number of carbonyl (C=O) groups is 2. The number of rotatable bonds is 6. The Hall–Kier alpha value is -2.87. The third kappa shape index (κ3) is 6.05. The maximum Gasteiger partial charge on any atom is 0.224 e. The molecule has 0 aliphatic heterocycles. The van der Waals surface area contributed by atoms with E-state index in [0.29, 0.717) is 24.1 Å². The first-order valence-electron chi connectivity index (χ1n) is 9.68. The lowest BCUT2D eigenvalue weighted by atomic mass is 9.83. The zero-order chi connectivity index (χ0) is 20.8. The van der Waals surface area contributed by atoms with Crippen LogP contribution in [-0.2, 0) is 22.6 Å². The van der Waals surface area contributed by atoms with Gasteiger partial charge in [0, 0.05) is 12.1 Å². The van der Waals surface area contributed by atoms with Crippen LogP contribution in [0.25, 0.3) is 0 Å². The summed E-state index contributed by atoms with van der Waals surface area (Å²) in [6, 6.07) is 5.46. The van der Waals surface area contributed by atoms with Crippen LogP contribution >= 0.6 is 0 Å². The second kappa shape index (κ2) is 9.56. The van der Waals surface area contributed by atoms with Gasteiger partial charge in [0.05, 0.1) is 42.7 Å². The molecule has 0 radical (unpaired) electrons. The fourth-order valence-electron chi connectivity index (χ4n) is 3.48. The van der Waals surface area contributed by atoms with Gasteiger partial charge in [0.1, 0.15) is 5.82 Å². The van der Waals surface area contributed by atoms with E-state index in [9.17, 15) is 19.1 Å². The van der Waals surface area contributed by atoms with Crippen LogP contribution in [0.2, 0.25) is 0 Å². The van der Waals surface area contributed by atoms with Gasteiger partial charge in [-0.3, -0.25) is 19.6 Å². The van der Waals surface area contributed by atoms with Crippen molar-refractivity contribution < 1.29 is 19.1 Å². The third-order valence-corrected chi connectivity index (χ3v) is 5.07. The molecule has 1 fully saturated rings. The van der Waals surface area contributed by atoms with E-state index in [-0.39, 0.29) is 37.1 Å².